The van der Waals surface area contributed by atoms with Gasteiger partial charge < -0.3 is 15.2 Å². The van der Waals surface area contributed by atoms with Crippen molar-refractivity contribution in [1.29, 1.82) is 0 Å². The van der Waals surface area contributed by atoms with E-state index in [0.29, 0.717) is 19.5 Å². The van der Waals surface area contributed by atoms with Crippen LogP contribution in [-0.2, 0) is 11.3 Å². The molecule has 0 saturated carbocycles. The first kappa shape index (κ1) is 14.0. The molecule has 94 valence electrons. The summed E-state index contributed by atoms with van der Waals surface area (Å²) in [7, 11) is 1.63. The fraction of sp³-hybridized carbons (Fsp3) is 0.417. The molecule has 0 heterocycles. The molecule has 0 unspecified atom stereocenters. The summed E-state index contributed by atoms with van der Waals surface area (Å²) in [6, 6.07) is 5.85. The fourth-order valence-electron chi connectivity index (χ4n) is 1.51. The van der Waals surface area contributed by atoms with Crippen LogP contribution in [0.15, 0.2) is 22.7 Å². The Morgan fingerprint density at radius 3 is 2.94 bits per heavy atom. The van der Waals surface area contributed by atoms with E-state index in [9.17, 15) is 4.79 Å². The first-order valence-electron chi connectivity index (χ1n) is 5.39. The predicted molar refractivity (Wildman–Crippen MR) is 69.3 cm³/mol. The molecule has 0 bridgehead atoms. The van der Waals surface area contributed by atoms with Gasteiger partial charge in [0.05, 0.1) is 11.6 Å². The first-order valence-corrected chi connectivity index (χ1v) is 6.18. The highest BCUT2D eigenvalue weighted by atomic mass is 79.9. The predicted octanol–water partition coefficient (Wildman–Crippen LogP) is 2.41. The third kappa shape index (κ3) is 4.75. The van der Waals surface area contributed by atoms with Crippen LogP contribution in [0.5, 0.6) is 5.75 Å². The molecule has 0 radical (unpaired) electrons. The van der Waals surface area contributed by atoms with Crippen LogP contribution in [0.3, 0.4) is 0 Å². The molecule has 17 heavy (non-hydrogen) atoms. The molecule has 0 spiro atoms. The number of carboxylic acid groups (broad SMARTS) is 1. The lowest BCUT2D eigenvalue weighted by molar-refractivity contribution is -0.137. The third-order valence-corrected chi connectivity index (χ3v) is 2.94. The SMILES string of the molecule is COc1c(Br)cccc1CNCCCC(=O)O. The number of methoxy groups -OCH3 is 1. The summed E-state index contributed by atoms with van der Waals surface area (Å²) >= 11 is 3.42. The van der Waals surface area contributed by atoms with Crippen molar-refractivity contribution in [2.24, 2.45) is 0 Å². The summed E-state index contributed by atoms with van der Waals surface area (Å²) in [5.41, 5.74) is 1.05. The van der Waals surface area contributed by atoms with E-state index in [2.05, 4.69) is 21.2 Å². The third-order valence-electron chi connectivity index (χ3n) is 2.31. The highest BCUT2D eigenvalue weighted by Gasteiger charge is 2.06. The van der Waals surface area contributed by atoms with Crippen LogP contribution in [0, 0.1) is 0 Å². The van der Waals surface area contributed by atoms with E-state index in [-0.39, 0.29) is 6.42 Å². The molecule has 0 aliphatic rings. The van der Waals surface area contributed by atoms with E-state index in [1.807, 2.05) is 18.2 Å². The molecule has 0 atom stereocenters. The number of carbonyl (C=O) groups is 1. The van der Waals surface area contributed by atoms with Crippen LogP contribution in [0.1, 0.15) is 18.4 Å². The number of rotatable bonds is 7. The average Bonchev–Trinajstić information content (AvgIpc) is 2.28. The number of benzene rings is 1. The normalized spacial score (nSPS) is 10.2. The zero-order valence-corrected chi connectivity index (χ0v) is 11.3. The van der Waals surface area contributed by atoms with E-state index in [1.54, 1.807) is 7.11 Å². The van der Waals surface area contributed by atoms with Crippen molar-refractivity contribution in [3.63, 3.8) is 0 Å². The van der Waals surface area contributed by atoms with Gasteiger partial charge in [0.15, 0.2) is 0 Å². The number of halogens is 1. The minimum Gasteiger partial charge on any atom is -0.495 e. The molecule has 0 aromatic heterocycles. The summed E-state index contributed by atoms with van der Waals surface area (Å²) in [4.78, 5) is 10.3. The van der Waals surface area contributed by atoms with Gasteiger partial charge in [-0.1, -0.05) is 12.1 Å². The smallest absolute Gasteiger partial charge is 0.303 e. The Balaban J connectivity index is 2.41. The highest BCUT2D eigenvalue weighted by molar-refractivity contribution is 9.10. The molecule has 1 aromatic rings. The van der Waals surface area contributed by atoms with E-state index in [1.165, 1.54) is 0 Å². The van der Waals surface area contributed by atoms with Crippen molar-refractivity contribution in [1.82, 2.24) is 5.32 Å². The van der Waals surface area contributed by atoms with Gasteiger partial charge in [0.1, 0.15) is 5.75 Å². The first-order chi connectivity index (χ1) is 8.15. The zero-order valence-electron chi connectivity index (χ0n) is 9.70. The molecular formula is C12H16BrNO3. The highest BCUT2D eigenvalue weighted by Crippen LogP contribution is 2.28. The van der Waals surface area contributed by atoms with E-state index < -0.39 is 5.97 Å². The van der Waals surface area contributed by atoms with Crippen LogP contribution >= 0.6 is 15.9 Å². The molecule has 2 N–H and O–H groups in total. The molecule has 0 amide bonds. The molecular weight excluding hydrogens is 286 g/mol. The van der Waals surface area contributed by atoms with E-state index in [0.717, 1.165) is 15.8 Å². The summed E-state index contributed by atoms with van der Waals surface area (Å²) in [6.07, 6.45) is 0.828. The van der Waals surface area contributed by atoms with Gasteiger partial charge in [-0.25, -0.2) is 0 Å². The second-order valence-corrected chi connectivity index (χ2v) is 4.46. The van der Waals surface area contributed by atoms with Gasteiger partial charge in [0.25, 0.3) is 0 Å². The Bertz CT molecular complexity index is 382. The van der Waals surface area contributed by atoms with Crippen LogP contribution in [0.4, 0.5) is 0 Å². The van der Waals surface area contributed by atoms with Crippen LogP contribution in [-0.4, -0.2) is 24.7 Å². The maximum Gasteiger partial charge on any atom is 0.303 e. The van der Waals surface area contributed by atoms with Crippen LogP contribution < -0.4 is 10.1 Å². The number of carboxylic acids is 1. The lowest BCUT2D eigenvalue weighted by atomic mass is 10.2. The molecule has 1 rings (SSSR count). The molecule has 5 heteroatoms. The van der Waals surface area contributed by atoms with Gasteiger partial charge in [-0.15, -0.1) is 0 Å². The van der Waals surface area contributed by atoms with Gasteiger partial charge in [-0.2, -0.15) is 0 Å². The summed E-state index contributed by atoms with van der Waals surface area (Å²) in [5, 5.41) is 11.7. The van der Waals surface area contributed by atoms with Crippen LogP contribution in [0.2, 0.25) is 0 Å². The number of ether oxygens (including phenoxy) is 1. The maximum atomic E-state index is 10.3. The molecule has 0 fully saturated rings. The molecule has 0 saturated heterocycles. The molecule has 0 aliphatic heterocycles. The van der Waals surface area contributed by atoms with Gasteiger partial charge >= 0.3 is 5.97 Å². The Labute approximate surface area is 109 Å². The number of aliphatic carboxylic acids is 1. The summed E-state index contributed by atoms with van der Waals surface area (Å²) < 4.78 is 6.21. The lowest BCUT2D eigenvalue weighted by Crippen LogP contribution is -2.16. The Morgan fingerprint density at radius 2 is 2.29 bits per heavy atom. The largest absolute Gasteiger partial charge is 0.495 e. The summed E-state index contributed by atoms with van der Waals surface area (Å²) in [5.74, 6) is 0.0603. The number of hydrogen-bond acceptors (Lipinski definition) is 3. The average molecular weight is 302 g/mol. The Morgan fingerprint density at radius 1 is 1.53 bits per heavy atom. The topological polar surface area (TPSA) is 58.6 Å². The molecule has 0 aliphatic carbocycles. The second kappa shape index (κ2) is 7.29. The van der Waals surface area contributed by atoms with Crippen LogP contribution in [0.25, 0.3) is 0 Å². The number of nitrogens with one attached hydrogen (secondary N) is 1. The van der Waals surface area contributed by atoms with Crippen molar-refractivity contribution >= 4 is 21.9 Å². The van der Waals surface area contributed by atoms with Crippen molar-refractivity contribution < 1.29 is 14.6 Å². The van der Waals surface area contributed by atoms with Gasteiger partial charge in [-0.3, -0.25) is 4.79 Å². The maximum absolute atomic E-state index is 10.3. The Kier molecular flexibility index (Phi) is 6.00. The van der Waals surface area contributed by atoms with Crippen molar-refractivity contribution in [2.45, 2.75) is 19.4 Å². The fourth-order valence-corrected chi connectivity index (χ4v) is 2.08. The van der Waals surface area contributed by atoms with Crippen molar-refractivity contribution in [3.05, 3.63) is 28.2 Å². The monoisotopic (exact) mass is 301 g/mol. The quantitative estimate of drug-likeness (QED) is 0.759. The van der Waals surface area contributed by atoms with Gasteiger partial charge in [0, 0.05) is 18.5 Å². The van der Waals surface area contributed by atoms with Crippen molar-refractivity contribution in [3.8, 4) is 5.75 Å². The number of para-hydroxylation sites is 1. The lowest BCUT2D eigenvalue weighted by Gasteiger charge is -2.10. The number of hydrogen-bond donors (Lipinski definition) is 2. The second-order valence-electron chi connectivity index (χ2n) is 3.61. The Hall–Kier alpha value is -1.07. The minimum atomic E-state index is -0.758. The van der Waals surface area contributed by atoms with E-state index in [4.69, 9.17) is 9.84 Å². The molecule has 4 nitrogen and oxygen atoms in total. The van der Waals surface area contributed by atoms with Crippen molar-refractivity contribution in [2.75, 3.05) is 13.7 Å². The zero-order chi connectivity index (χ0) is 12.7. The molecule has 1 aromatic carbocycles. The summed E-state index contributed by atoms with van der Waals surface area (Å²) in [6.45, 7) is 1.35. The van der Waals surface area contributed by atoms with E-state index >= 15 is 0 Å². The standard InChI is InChI=1S/C12H16BrNO3/c1-17-12-9(4-2-5-10(12)13)8-14-7-3-6-11(15)16/h2,4-5,14H,3,6-8H2,1H3,(H,15,16). The minimum absolute atomic E-state index is 0.197. The van der Waals surface area contributed by atoms with Gasteiger partial charge in [-0.05, 0) is 35.0 Å². The van der Waals surface area contributed by atoms with Gasteiger partial charge in [0.2, 0.25) is 0 Å².